The molecule has 8 nitrogen and oxygen atoms in total. The zero-order chi connectivity index (χ0) is 26.2. The fourth-order valence-electron chi connectivity index (χ4n) is 3.54. The van der Waals surface area contributed by atoms with Crippen LogP contribution in [0.15, 0.2) is 48.5 Å². The van der Waals surface area contributed by atoms with Crippen LogP contribution in [0.1, 0.15) is 39.2 Å². The van der Waals surface area contributed by atoms with E-state index < -0.39 is 28.5 Å². The highest BCUT2D eigenvalue weighted by molar-refractivity contribution is 7.92. The number of methoxy groups -OCH3 is 1. The summed E-state index contributed by atoms with van der Waals surface area (Å²) in [5.74, 6) is -0.139. The molecule has 0 unspecified atom stereocenters. The van der Waals surface area contributed by atoms with Crippen molar-refractivity contribution in [3.63, 3.8) is 0 Å². The third-order valence-corrected chi connectivity index (χ3v) is 7.15. The molecular formula is C25H34ClN3O5S. The first-order valence-electron chi connectivity index (χ1n) is 11.5. The first-order valence-corrected chi connectivity index (χ1v) is 13.7. The molecule has 0 saturated carbocycles. The predicted molar refractivity (Wildman–Crippen MR) is 139 cm³/mol. The molecule has 0 spiro atoms. The minimum Gasteiger partial charge on any atom is -0.497 e. The lowest BCUT2D eigenvalue weighted by atomic mass is 10.1. The Hall–Kier alpha value is -2.78. The van der Waals surface area contributed by atoms with Crippen molar-refractivity contribution in [3.05, 3.63) is 59.1 Å². The number of benzene rings is 2. The number of hydrogen-bond acceptors (Lipinski definition) is 5. The van der Waals surface area contributed by atoms with Crippen LogP contribution in [0.4, 0.5) is 5.69 Å². The molecule has 10 heteroatoms. The van der Waals surface area contributed by atoms with Crippen molar-refractivity contribution in [2.75, 3.05) is 24.2 Å². The van der Waals surface area contributed by atoms with E-state index >= 15 is 0 Å². The van der Waals surface area contributed by atoms with Gasteiger partial charge in [-0.25, -0.2) is 8.42 Å². The first-order chi connectivity index (χ1) is 16.5. The van der Waals surface area contributed by atoms with Crippen LogP contribution in [0.25, 0.3) is 0 Å². The molecule has 0 aliphatic carbocycles. The Balaban J connectivity index is 2.44. The Morgan fingerprint density at radius 1 is 1.06 bits per heavy atom. The number of sulfonamides is 1. The number of carbonyl (C=O) groups is 2. The summed E-state index contributed by atoms with van der Waals surface area (Å²) in [6.45, 7) is 5.29. The van der Waals surface area contributed by atoms with E-state index in [0.29, 0.717) is 12.2 Å². The SMILES string of the molecule is CC[C@H](C(=O)N[C@@H](C)CC)N(Cc1ccc(OC)cc1)C(=O)CN(c1ccccc1Cl)S(C)(=O)=O. The number of ether oxygens (including phenoxy) is 1. The van der Waals surface area contributed by atoms with Crippen LogP contribution in [0.3, 0.4) is 0 Å². The van der Waals surface area contributed by atoms with Crippen molar-refractivity contribution in [2.45, 2.75) is 52.2 Å². The van der Waals surface area contributed by atoms with Crippen LogP contribution in [0, 0.1) is 0 Å². The fraction of sp³-hybridized carbons (Fsp3) is 0.440. The summed E-state index contributed by atoms with van der Waals surface area (Å²) in [6, 6.07) is 12.7. The van der Waals surface area contributed by atoms with Gasteiger partial charge in [0.25, 0.3) is 0 Å². The van der Waals surface area contributed by atoms with E-state index in [1.165, 1.54) is 11.0 Å². The van der Waals surface area contributed by atoms with Gasteiger partial charge in [0, 0.05) is 12.6 Å². The van der Waals surface area contributed by atoms with E-state index in [2.05, 4.69) is 5.32 Å². The number of amides is 2. The van der Waals surface area contributed by atoms with Crippen LogP contribution in [0.5, 0.6) is 5.75 Å². The van der Waals surface area contributed by atoms with Gasteiger partial charge in [-0.1, -0.05) is 49.7 Å². The average Bonchev–Trinajstić information content (AvgIpc) is 2.82. The van der Waals surface area contributed by atoms with Gasteiger partial charge in [-0.2, -0.15) is 0 Å². The Labute approximate surface area is 213 Å². The zero-order valence-electron chi connectivity index (χ0n) is 20.8. The van der Waals surface area contributed by atoms with Crippen LogP contribution in [0.2, 0.25) is 5.02 Å². The van der Waals surface area contributed by atoms with E-state index in [9.17, 15) is 18.0 Å². The van der Waals surface area contributed by atoms with Crippen molar-refractivity contribution >= 4 is 39.1 Å². The van der Waals surface area contributed by atoms with Gasteiger partial charge in [0.2, 0.25) is 21.8 Å². The van der Waals surface area contributed by atoms with E-state index in [1.54, 1.807) is 49.6 Å². The smallest absolute Gasteiger partial charge is 0.244 e. The molecule has 0 radical (unpaired) electrons. The number of para-hydroxylation sites is 1. The number of carbonyl (C=O) groups excluding carboxylic acids is 2. The normalized spacial score (nSPS) is 13.0. The largest absolute Gasteiger partial charge is 0.497 e. The van der Waals surface area contributed by atoms with Gasteiger partial charge in [-0.3, -0.25) is 13.9 Å². The molecule has 0 aliphatic heterocycles. The zero-order valence-corrected chi connectivity index (χ0v) is 22.4. The second-order valence-electron chi connectivity index (χ2n) is 8.33. The molecule has 2 aromatic rings. The highest BCUT2D eigenvalue weighted by atomic mass is 35.5. The lowest BCUT2D eigenvalue weighted by Gasteiger charge is -2.33. The average molecular weight is 524 g/mol. The summed E-state index contributed by atoms with van der Waals surface area (Å²) in [5.41, 5.74) is 0.976. The number of anilines is 1. The second-order valence-corrected chi connectivity index (χ2v) is 10.6. The van der Waals surface area contributed by atoms with Gasteiger partial charge in [-0.05, 0) is 49.6 Å². The van der Waals surface area contributed by atoms with E-state index in [-0.39, 0.29) is 29.2 Å². The lowest BCUT2D eigenvalue weighted by Crippen LogP contribution is -2.53. The summed E-state index contributed by atoms with van der Waals surface area (Å²) in [4.78, 5) is 28.2. The maximum atomic E-state index is 13.6. The molecule has 0 heterocycles. The minimum atomic E-state index is -3.84. The molecule has 35 heavy (non-hydrogen) atoms. The number of nitrogens with zero attached hydrogens (tertiary/aromatic N) is 2. The topological polar surface area (TPSA) is 96.0 Å². The monoisotopic (exact) mass is 523 g/mol. The quantitative estimate of drug-likeness (QED) is 0.456. The molecule has 2 aromatic carbocycles. The summed E-state index contributed by atoms with van der Waals surface area (Å²) in [5, 5.41) is 3.14. The van der Waals surface area contributed by atoms with Gasteiger partial charge in [0.1, 0.15) is 18.3 Å². The Morgan fingerprint density at radius 2 is 1.69 bits per heavy atom. The molecule has 0 aliphatic rings. The number of nitrogens with one attached hydrogen (secondary N) is 1. The van der Waals surface area contributed by atoms with Crippen LogP contribution in [-0.2, 0) is 26.2 Å². The second kappa shape index (κ2) is 12.8. The molecule has 0 fully saturated rings. The molecular weight excluding hydrogens is 490 g/mol. The Kier molecular flexibility index (Phi) is 10.4. The first kappa shape index (κ1) is 28.5. The summed E-state index contributed by atoms with van der Waals surface area (Å²) in [6.07, 6.45) is 2.11. The minimum absolute atomic E-state index is 0.0647. The maximum absolute atomic E-state index is 13.6. The number of hydrogen-bond donors (Lipinski definition) is 1. The van der Waals surface area contributed by atoms with Gasteiger partial charge in [0.05, 0.1) is 24.1 Å². The summed E-state index contributed by atoms with van der Waals surface area (Å²) < 4.78 is 31.4. The van der Waals surface area contributed by atoms with Gasteiger partial charge in [-0.15, -0.1) is 0 Å². The van der Waals surface area contributed by atoms with E-state index in [4.69, 9.17) is 16.3 Å². The molecule has 0 saturated heterocycles. The van der Waals surface area contributed by atoms with Crippen molar-refractivity contribution in [1.29, 1.82) is 0 Å². The van der Waals surface area contributed by atoms with Gasteiger partial charge < -0.3 is 15.0 Å². The third-order valence-electron chi connectivity index (χ3n) is 5.70. The van der Waals surface area contributed by atoms with Crippen molar-refractivity contribution in [2.24, 2.45) is 0 Å². The molecule has 192 valence electrons. The predicted octanol–water partition coefficient (Wildman–Crippen LogP) is 3.84. The lowest BCUT2D eigenvalue weighted by molar-refractivity contribution is -0.140. The standard InChI is InChI=1S/C25H34ClN3O5S/c1-6-18(3)27-25(31)22(7-2)28(16-19-12-14-20(34-4)15-13-19)24(30)17-29(35(5,32)33)23-11-9-8-10-21(23)26/h8-15,18,22H,6-7,16-17H2,1-5H3,(H,27,31)/t18-,22+/m0/s1. The molecule has 0 bridgehead atoms. The summed E-state index contributed by atoms with van der Waals surface area (Å²) >= 11 is 6.25. The molecule has 2 rings (SSSR count). The fourth-order valence-corrected chi connectivity index (χ4v) is 4.69. The number of halogens is 1. The van der Waals surface area contributed by atoms with Gasteiger partial charge in [0.15, 0.2) is 0 Å². The Morgan fingerprint density at radius 3 is 2.20 bits per heavy atom. The van der Waals surface area contributed by atoms with Crippen molar-refractivity contribution in [1.82, 2.24) is 10.2 Å². The molecule has 1 N–H and O–H groups in total. The molecule has 2 amide bonds. The highest BCUT2D eigenvalue weighted by Crippen LogP contribution is 2.27. The third kappa shape index (κ3) is 7.86. The Bertz CT molecular complexity index is 1110. The molecule has 2 atom stereocenters. The molecule has 0 aromatic heterocycles. The van der Waals surface area contributed by atoms with Crippen LogP contribution < -0.4 is 14.4 Å². The van der Waals surface area contributed by atoms with Crippen molar-refractivity contribution < 1.29 is 22.7 Å². The highest BCUT2D eigenvalue weighted by Gasteiger charge is 2.32. The van der Waals surface area contributed by atoms with Crippen LogP contribution >= 0.6 is 11.6 Å². The van der Waals surface area contributed by atoms with Crippen molar-refractivity contribution in [3.8, 4) is 5.75 Å². The number of rotatable bonds is 12. The van der Waals surface area contributed by atoms with Crippen LogP contribution in [-0.4, -0.2) is 57.1 Å². The van der Waals surface area contributed by atoms with E-state index in [1.807, 2.05) is 20.8 Å². The maximum Gasteiger partial charge on any atom is 0.244 e. The van der Waals surface area contributed by atoms with Gasteiger partial charge >= 0.3 is 0 Å². The summed E-state index contributed by atoms with van der Waals surface area (Å²) in [7, 11) is -2.28. The van der Waals surface area contributed by atoms with E-state index in [0.717, 1.165) is 22.5 Å².